The number of nitrogens with one attached hydrogen (secondary N) is 2. The van der Waals surface area contributed by atoms with Crippen molar-refractivity contribution in [3.8, 4) is 0 Å². The SMILES string of the molecule is Cc1ccc(NC(=O)Nc2ccc(Cl)cc2C(=O)O)cc1. The molecule has 3 N–H and O–H groups in total. The highest BCUT2D eigenvalue weighted by Crippen LogP contribution is 2.21. The summed E-state index contributed by atoms with van der Waals surface area (Å²) in [5.41, 5.74) is 1.80. The number of carboxylic acids is 1. The molecule has 0 aliphatic heterocycles. The van der Waals surface area contributed by atoms with Crippen LogP contribution in [0.1, 0.15) is 15.9 Å². The number of hydrogen-bond donors (Lipinski definition) is 3. The van der Waals surface area contributed by atoms with Gasteiger partial charge in [0.2, 0.25) is 0 Å². The number of hydrogen-bond acceptors (Lipinski definition) is 2. The van der Waals surface area contributed by atoms with E-state index in [1.165, 1.54) is 18.2 Å². The third-order valence-electron chi connectivity index (χ3n) is 2.77. The number of anilines is 2. The first-order chi connectivity index (χ1) is 9.95. The Balaban J connectivity index is 2.12. The lowest BCUT2D eigenvalue weighted by Crippen LogP contribution is -2.21. The van der Waals surface area contributed by atoms with Crippen LogP contribution < -0.4 is 10.6 Å². The van der Waals surface area contributed by atoms with Gasteiger partial charge in [-0.05, 0) is 37.3 Å². The van der Waals surface area contributed by atoms with Gasteiger partial charge < -0.3 is 15.7 Å². The summed E-state index contributed by atoms with van der Waals surface area (Å²) in [7, 11) is 0. The first-order valence-corrected chi connectivity index (χ1v) is 6.51. The number of urea groups is 1. The Morgan fingerprint density at radius 2 is 1.71 bits per heavy atom. The van der Waals surface area contributed by atoms with Crippen molar-refractivity contribution in [2.75, 3.05) is 10.6 Å². The van der Waals surface area contributed by atoms with Gasteiger partial charge >= 0.3 is 12.0 Å². The lowest BCUT2D eigenvalue weighted by Gasteiger charge is -2.10. The minimum atomic E-state index is -1.16. The van der Waals surface area contributed by atoms with Crippen molar-refractivity contribution >= 4 is 35.0 Å². The second-order valence-electron chi connectivity index (χ2n) is 4.44. The zero-order valence-electron chi connectivity index (χ0n) is 11.2. The molecule has 0 fully saturated rings. The Hall–Kier alpha value is -2.53. The van der Waals surface area contributed by atoms with E-state index in [-0.39, 0.29) is 16.3 Å². The van der Waals surface area contributed by atoms with Crippen LogP contribution in [0.4, 0.5) is 16.2 Å². The molecule has 0 bridgehead atoms. The fraction of sp³-hybridized carbons (Fsp3) is 0.0667. The van der Waals surface area contributed by atoms with Gasteiger partial charge in [0.1, 0.15) is 0 Å². The summed E-state index contributed by atoms with van der Waals surface area (Å²) >= 11 is 5.75. The Bertz CT molecular complexity index is 684. The molecule has 21 heavy (non-hydrogen) atoms. The molecule has 0 radical (unpaired) electrons. The van der Waals surface area contributed by atoms with Crippen molar-refractivity contribution in [2.45, 2.75) is 6.92 Å². The molecular weight excluding hydrogens is 292 g/mol. The lowest BCUT2D eigenvalue weighted by atomic mass is 10.2. The van der Waals surface area contributed by atoms with Crippen LogP contribution in [-0.2, 0) is 0 Å². The van der Waals surface area contributed by atoms with E-state index >= 15 is 0 Å². The Morgan fingerprint density at radius 3 is 2.33 bits per heavy atom. The molecule has 2 rings (SSSR count). The summed E-state index contributed by atoms with van der Waals surface area (Å²) < 4.78 is 0. The van der Waals surface area contributed by atoms with Gasteiger partial charge in [0.25, 0.3) is 0 Å². The van der Waals surface area contributed by atoms with Crippen molar-refractivity contribution in [1.82, 2.24) is 0 Å². The minimum Gasteiger partial charge on any atom is -0.478 e. The van der Waals surface area contributed by atoms with Crippen molar-refractivity contribution in [1.29, 1.82) is 0 Å². The van der Waals surface area contributed by atoms with Crippen molar-refractivity contribution < 1.29 is 14.7 Å². The molecular formula is C15H13ClN2O3. The average molecular weight is 305 g/mol. The molecule has 2 aromatic carbocycles. The van der Waals surface area contributed by atoms with E-state index in [2.05, 4.69) is 10.6 Å². The van der Waals surface area contributed by atoms with Crippen molar-refractivity contribution in [3.63, 3.8) is 0 Å². The maximum Gasteiger partial charge on any atom is 0.337 e. The summed E-state index contributed by atoms with van der Waals surface area (Å²) in [5, 5.41) is 14.5. The molecule has 0 spiro atoms. The van der Waals surface area contributed by atoms with Gasteiger partial charge in [0.15, 0.2) is 0 Å². The smallest absolute Gasteiger partial charge is 0.337 e. The number of halogens is 1. The molecule has 2 aromatic rings. The van der Waals surface area contributed by atoms with Crippen LogP contribution in [-0.4, -0.2) is 17.1 Å². The maximum absolute atomic E-state index is 11.9. The molecule has 5 nitrogen and oxygen atoms in total. The van der Waals surface area contributed by atoms with Gasteiger partial charge in [-0.25, -0.2) is 9.59 Å². The number of benzene rings is 2. The molecule has 0 aromatic heterocycles. The van der Waals surface area contributed by atoms with Crippen LogP contribution in [0.25, 0.3) is 0 Å². The van der Waals surface area contributed by atoms with Crippen LogP contribution in [0.3, 0.4) is 0 Å². The highest BCUT2D eigenvalue weighted by Gasteiger charge is 2.13. The number of carbonyl (C=O) groups excluding carboxylic acids is 1. The zero-order valence-corrected chi connectivity index (χ0v) is 11.9. The highest BCUT2D eigenvalue weighted by molar-refractivity contribution is 6.31. The number of rotatable bonds is 3. The van der Waals surface area contributed by atoms with Gasteiger partial charge in [0.05, 0.1) is 11.3 Å². The summed E-state index contributed by atoms with van der Waals surface area (Å²) in [5.74, 6) is -1.16. The Kier molecular flexibility index (Phi) is 4.45. The van der Waals surface area contributed by atoms with Gasteiger partial charge in [-0.1, -0.05) is 29.3 Å². The number of aromatic carboxylic acids is 1. The summed E-state index contributed by atoms with van der Waals surface area (Å²) in [4.78, 5) is 23.0. The normalized spacial score (nSPS) is 10.0. The molecule has 2 amide bonds. The van der Waals surface area contributed by atoms with Crippen LogP contribution in [0.15, 0.2) is 42.5 Å². The first-order valence-electron chi connectivity index (χ1n) is 6.13. The van der Waals surface area contributed by atoms with E-state index in [9.17, 15) is 9.59 Å². The Morgan fingerprint density at radius 1 is 1.05 bits per heavy atom. The number of aryl methyl sites for hydroxylation is 1. The van der Waals surface area contributed by atoms with E-state index in [4.69, 9.17) is 16.7 Å². The highest BCUT2D eigenvalue weighted by atomic mass is 35.5. The third kappa shape index (κ3) is 3.97. The van der Waals surface area contributed by atoms with E-state index in [0.29, 0.717) is 5.69 Å². The van der Waals surface area contributed by atoms with Crippen LogP contribution >= 0.6 is 11.6 Å². The van der Waals surface area contributed by atoms with Crippen molar-refractivity contribution in [3.05, 3.63) is 58.6 Å². The number of amides is 2. The second kappa shape index (κ2) is 6.28. The topological polar surface area (TPSA) is 78.4 Å². The molecule has 0 saturated heterocycles. The van der Waals surface area contributed by atoms with E-state index in [0.717, 1.165) is 5.56 Å². The largest absolute Gasteiger partial charge is 0.478 e. The lowest BCUT2D eigenvalue weighted by molar-refractivity contribution is 0.0698. The van der Waals surface area contributed by atoms with Crippen LogP contribution in [0.5, 0.6) is 0 Å². The summed E-state index contributed by atoms with van der Waals surface area (Å²) in [6, 6.07) is 11.0. The standard InChI is InChI=1S/C15H13ClN2O3/c1-9-2-5-11(6-3-9)17-15(21)18-13-7-4-10(16)8-12(13)14(19)20/h2-8H,1H3,(H,19,20)(H2,17,18,21). The van der Waals surface area contributed by atoms with E-state index in [1.54, 1.807) is 12.1 Å². The number of carbonyl (C=O) groups is 2. The zero-order chi connectivity index (χ0) is 15.4. The summed E-state index contributed by atoms with van der Waals surface area (Å²) in [6.07, 6.45) is 0. The van der Waals surface area contributed by atoms with Crippen LogP contribution in [0, 0.1) is 6.92 Å². The third-order valence-corrected chi connectivity index (χ3v) is 3.00. The van der Waals surface area contributed by atoms with Gasteiger partial charge in [-0.2, -0.15) is 0 Å². The molecule has 0 heterocycles. The summed E-state index contributed by atoms with van der Waals surface area (Å²) in [6.45, 7) is 1.94. The Labute approximate surface area is 126 Å². The molecule has 108 valence electrons. The predicted molar refractivity (Wildman–Crippen MR) is 82.2 cm³/mol. The van der Waals surface area contributed by atoms with Crippen LogP contribution in [0.2, 0.25) is 5.02 Å². The quantitative estimate of drug-likeness (QED) is 0.802. The molecule has 0 saturated carbocycles. The van der Waals surface area contributed by atoms with E-state index < -0.39 is 12.0 Å². The van der Waals surface area contributed by atoms with Gasteiger partial charge in [-0.3, -0.25) is 0 Å². The second-order valence-corrected chi connectivity index (χ2v) is 4.88. The average Bonchev–Trinajstić information content (AvgIpc) is 2.43. The molecule has 0 unspecified atom stereocenters. The molecule has 0 atom stereocenters. The fourth-order valence-electron chi connectivity index (χ4n) is 1.72. The van der Waals surface area contributed by atoms with Gasteiger partial charge in [0, 0.05) is 10.7 Å². The molecule has 6 heteroatoms. The molecule has 0 aliphatic rings. The predicted octanol–water partition coefficient (Wildman–Crippen LogP) is 3.99. The number of carboxylic acid groups (broad SMARTS) is 1. The van der Waals surface area contributed by atoms with Crippen molar-refractivity contribution in [2.24, 2.45) is 0 Å². The maximum atomic E-state index is 11.9. The first kappa shape index (κ1) is 14.9. The van der Waals surface area contributed by atoms with Gasteiger partial charge in [-0.15, -0.1) is 0 Å². The molecule has 0 aliphatic carbocycles. The van der Waals surface area contributed by atoms with E-state index in [1.807, 2.05) is 19.1 Å². The monoisotopic (exact) mass is 304 g/mol. The minimum absolute atomic E-state index is 0.0680. The fourth-order valence-corrected chi connectivity index (χ4v) is 1.90.